The molecule has 0 amide bonds. The van der Waals surface area contributed by atoms with E-state index in [1.54, 1.807) is 6.08 Å². The highest BCUT2D eigenvalue weighted by atomic mass is 35.5. The Balaban J connectivity index is 1.68. The molecule has 0 bridgehead atoms. The second kappa shape index (κ2) is 7.08. The van der Waals surface area contributed by atoms with E-state index in [1.165, 1.54) is 0 Å². The lowest BCUT2D eigenvalue weighted by Crippen LogP contribution is -2.04. The number of rotatable bonds is 3. The smallest absolute Gasteiger partial charge is 0.363 e. The molecule has 2 heterocycles. The van der Waals surface area contributed by atoms with Gasteiger partial charge in [-0.3, -0.25) is 4.57 Å². The number of aromatic nitrogens is 1. The minimum absolute atomic E-state index is 0.224. The molecule has 0 aliphatic carbocycles. The minimum Gasteiger partial charge on any atom is -0.402 e. The fraction of sp³-hybridized carbons (Fsp3) is 0. The van der Waals surface area contributed by atoms with Gasteiger partial charge in [-0.2, -0.15) is 0 Å². The van der Waals surface area contributed by atoms with Crippen LogP contribution >= 0.6 is 11.6 Å². The molecule has 0 atom stereocenters. The lowest BCUT2D eigenvalue weighted by molar-refractivity contribution is -0.129. The van der Waals surface area contributed by atoms with Crippen molar-refractivity contribution < 1.29 is 9.53 Å². The van der Waals surface area contributed by atoms with Crippen LogP contribution in [0.4, 0.5) is 0 Å². The Labute approximate surface area is 172 Å². The summed E-state index contributed by atoms with van der Waals surface area (Å²) in [4.78, 5) is 16.8. The van der Waals surface area contributed by atoms with Gasteiger partial charge < -0.3 is 4.74 Å². The maximum absolute atomic E-state index is 12.4. The zero-order chi connectivity index (χ0) is 19.8. The van der Waals surface area contributed by atoms with Crippen molar-refractivity contribution in [3.05, 3.63) is 107 Å². The molecule has 0 unspecified atom stereocenters. The summed E-state index contributed by atoms with van der Waals surface area (Å²) in [6.45, 7) is 0. The Morgan fingerprint density at radius 2 is 1.52 bits per heavy atom. The Morgan fingerprint density at radius 1 is 0.862 bits per heavy atom. The van der Waals surface area contributed by atoms with Crippen molar-refractivity contribution >= 4 is 40.4 Å². The Bertz CT molecular complexity index is 1290. The first-order chi connectivity index (χ1) is 14.2. The maximum atomic E-state index is 12.4. The van der Waals surface area contributed by atoms with Gasteiger partial charge in [-0.25, -0.2) is 9.79 Å². The maximum Gasteiger partial charge on any atom is 0.363 e. The molecule has 4 nitrogen and oxygen atoms in total. The lowest BCUT2D eigenvalue weighted by atomic mass is 10.1. The summed E-state index contributed by atoms with van der Waals surface area (Å²) in [5, 5.41) is 1.45. The zero-order valence-corrected chi connectivity index (χ0v) is 16.0. The first kappa shape index (κ1) is 17.5. The molecule has 0 spiro atoms. The van der Waals surface area contributed by atoms with Crippen molar-refractivity contribution in [2.45, 2.75) is 0 Å². The van der Waals surface area contributed by atoms with E-state index >= 15 is 0 Å². The van der Waals surface area contributed by atoms with Crippen LogP contribution in [0.15, 0.2) is 95.6 Å². The number of aliphatic imine (C=N–C) groups is 1. The molecule has 140 valence electrons. The third kappa shape index (κ3) is 3.04. The molecule has 4 aromatic rings. The number of hydrogen-bond acceptors (Lipinski definition) is 3. The highest BCUT2D eigenvalue weighted by Gasteiger charge is 2.25. The predicted molar refractivity (Wildman–Crippen MR) is 115 cm³/mol. The van der Waals surface area contributed by atoms with Gasteiger partial charge in [0.2, 0.25) is 5.90 Å². The average molecular weight is 399 g/mol. The normalized spacial score (nSPS) is 15.0. The Hall–Kier alpha value is -3.63. The third-order valence-corrected chi connectivity index (χ3v) is 5.16. The van der Waals surface area contributed by atoms with Crippen LogP contribution in [-0.2, 0) is 9.53 Å². The monoisotopic (exact) mass is 398 g/mol. The molecule has 1 aliphatic rings. The number of fused-ring (bicyclic) bond motifs is 1. The van der Waals surface area contributed by atoms with E-state index < -0.39 is 5.97 Å². The summed E-state index contributed by atoms with van der Waals surface area (Å²) < 4.78 is 7.33. The van der Waals surface area contributed by atoms with E-state index in [9.17, 15) is 4.79 Å². The number of carbonyl (C=O) groups excluding carboxylic acids is 1. The standard InChI is InChI=1S/C24H15ClN2O2/c25-22-19(15-20-24(28)29-23(26-20)16-9-3-1-4-10-16)18-13-7-8-14-21(18)27(22)17-11-5-2-6-12-17/h1-15H. The third-order valence-electron chi connectivity index (χ3n) is 4.79. The summed E-state index contributed by atoms with van der Waals surface area (Å²) in [5.74, 6) is -0.193. The molecular weight excluding hydrogens is 384 g/mol. The number of halogens is 1. The molecule has 29 heavy (non-hydrogen) atoms. The Morgan fingerprint density at radius 3 is 2.28 bits per heavy atom. The number of cyclic esters (lactones) is 1. The van der Waals surface area contributed by atoms with Crippen LogP contribution in [0.5, 0.6) is 0 Å². The number of benzene rings is 3. The molecule has 0 fully saturated rings. The molecule has 1 aromatic heterocycles. The topological polar surface area (TPSA) is 43.6 Å². The number of nitrogens with zero attached hydrogens (tertiary/aromatic N) is 2. The second-order valence-electron chi connectivity index (χ2n) is 6.59. The molecular formula is C24H15ClN2O2. The number of carbonyl (C=O) groups is 1. The zero-order valence-electron chi connectivity index (χ0n) is 15.2. The van der Waals surface area contributed by atoms with E-state index in [2.05, 4.69) is 4.99 Å². The average Bonchev–Trinajstić information content (AvgIpc) is 3.27. The summed E-state index contributed by atoms with van der Waals surface area (Å²) in [6, 6.07) is 27.1. The highest BCUT2D eigenvalue weighted by Crippen LogP contribution is 2.35. The largest absolute Gasteiger partial charge is 0.402 e. The van der Waals surface area contributed by atoms with Crippen LogP contribution in [-0.4, -0.2) is 16.4 Å². The van der Waals surface area contributed by atoms with Crippen molar-refractivity contribution in [2.24, 2.45) is 4.99 Å². The van der Waals surface area contributed by atoms with Crippen LogP contribution in [0.1, 0.15) is 11.1 Å². The van der Waals surface area contributed by atoms with Crippen LogP contribution in [0.25, 0.3) is 22.7 Å². The summed E-state index contributed by atoms with van der Waals surface area (Å²) >= 11 is 6.78. The lowest BCUT2D eigenvalue weighted by Gasteiger charge is -2.06. The van der Waals surface area contributed by atoms with E-state index in [0.29, 0.717) is 11.1 Å². The number of ether oxygens (including phenoxy) is 1. The summed E-state index contributed by atoms with van der Waals surface area (Å²) in [7, 11) is 0. The van der Waals surface area contributed by atoms with Gasteiger partial charge in [-0.05, 0) is 36.4 Å². The van der Waals surface area contributed by atoms with E-state index in [4.69, 9.17) is 16.3 Å². The molecule has 5 heteroatoms. The molecule has 0 N–H and O–H groups in total. The number of esters is 1. The van der Waals surface area contributed by atoms with Crippen LogP contribution in [0.3, 0.4) is 0 Å². The van der Waals surface area contributed by atoms with Crippen molar-refractivity contribution in [2.75, 3.05) is 0 Å². The Kier molecular flexibility index (Phi) is 4.26. The van der Waals surface area contributed by atoms with Crippen molar-refractivity contribution in [3.8, 4) is 5.69 Å². The minimum atomic E-state index is -0.489. The summed E-state index contributed by atoms with van der Waals surface area (Å²) in [5.41, 5.74) is 3.61. The quantitative estimate of drug-likeness (QED) is 0.331. The first-order valence-electron chi connectivity index (χ1n) is 9.15. The van der Waals surface area contributed by atoms with Gasteiger partial charge in [0.25, 0.3) is 0 Å². The van der Waals surface area contributed by atoms with Crippen molar-refractivity contribution in [1.82, 2.24) is 4.57 Å². The van der Waals surface area contributed by atoms with Gasteiger partial charge in [0.15, 0.2) is 5.70 Å². The van der Waals surface area contributed by atoms with Gasteiger partial charge in [0.1, 0.15) is 5.15 Å². The summed E-state index contributed by atoms with van der Waals surface area (Å²) in [6.07, 6.45) is 1.70. The van der Waals surface area contributed by atoms with Crippen molar-refractivity contribution in [1.29, 1.82) is 0 Å². The predicted octanol–water partition coefficient (Wildman–Crippen LogP) is 5.63. The van der Waals surface area contributed by atoms with Crippen LogP contribution < -0.4 is 0 Å². The first-order valence-corrected chi connectivity index (χ1v) is 9.52. The molecule has 0 radical (unpaired) electrons. The molecule has 0 saturated carbocycles. The molecule has 5 rings (SSSR count). The number of para-hydroxylation sites is 2. The van der Waals surface area contributed by atoms with E-state index in [-0.39, 0.29) is 5.70 Å². The van der Waals surface area contributed by atoms with E-state index in [0.717, 1.165) is 27.7 Å². The molecule has 0 saturated heterocycles. The van der Waals surface area contributed by atoms with Crippen LogP contribution in [0.2, 0.25) is 5.15 Å². The highest BCUT2D eigenvalue weighted by molar-refractivity contribution is 6.33. The van der Waals surface area contributed by atoms with Crippen molar-refractivity contribution in [3.63, 3.8) is 0 Å². The van der Waals surface area contributed by atoms with Gasteiger partial charge in [0, 0.05) is 22.2 Å². The fourth-order valence-electron chi connectivity index (χ4n) is 3.45. The van der Waals surface area contributed by atoms with E-state index in [1.807, 2.05) is 89.5 Å². The van der Waals surface area contributed by atoms with Gasteiger partial charge in [0.05, 0.1) is 5.52 Å². The number of hydrogen-bond donors (Lipinski definition) is 0. The van der Waals surface area contributed by atoms with Gasteiger partial charge in [-0.1, -0.05) is 66.2 Å². The second-order valence-corrected chi connectivity index (χ2v) is 6.95. The SMILES string of the molecule is O=C1OC(c2ccccc2)=NC1=Cc1c(Cl)n(-c2ccccc2)c2ccccc12. The van der Waals surface area contributed by atoms with Gasteiger partial charge in [-0.15, -0.1) is 0 Å². The van der Waals surface area contributed by atoms with Crippen LogP contribution in [0, 0.1) is 0 Å². The fourth-order valence-corrected chi connectivity index (χ4v) is 3.80. The van der Waals surface area contributed by atoms with Gasteiger partial charge >= 0.3 is 5.97 Å². The molecule has 1 aliphatic heterocycles. The molecule has 3 aromatic carbocycles.